The van der Waals surface area contributed by atoms with Gasteiger partial charge in [-0.2, -0.15) is 0 Å². The molecule has 0 saturated heterocycles. The highest BCUT2D eigenvalue weighted by atomic mass is 32.2. The van der Waals surface area contributed by atoms with Gasteiger partial charge in [-0.05, 0) is 13.3 Å². The third kappa shape index (κ3) is 2.85. The molecular weight excluding hydrogens is 196 g/mol. The summed E-state index contributed by atoms with van der Waals surface area (Å²) in [5.41, 5.74) is 5.51. The summed E-state index contributed by atoms with van der Waals surface area (Å²) in [6, 6.07) is 0. The van der Waals surface area contributed by atoms with E-state index in [1.54, 1.807) is 11.8 Å². The molecule has 5 heteroatoms. The van der Waals surface area contributed by atoms with Gasteiger partial charge in [0.15, 0.2) is 5.16 Å². The molecule has 2 N–H and O–H groups in total. The predicted octanol–water partition coefficient (Wildman–Crippen LogP) is 1.21. The van der Waals surface area contributed by atoms with Gasteiger partial charge >= 0.3 is 0 Å². The largest absolute Gasteiger partial charge is 0.329 e. The van der Waals surface area contributed by atoms with E-state index >= 15 is 0 Å². The number of hydrogen-bond donors (Lipinski definition) is 1. The lowest BCUT2D eigenvalue weighted by molar-refractivity contribution is 0.627. The Morgan fingerprint density at radius 1 is 1.57 bits per heavy atom. The van der Waals surface area contributed by atoms with E-state index in [0.717, 1.165) is 29.7 Å². The minimum Gasteiger partial charge on any atom is -0.329 e. The Bertz CT molecular complexity index is 295. The van der Waals surface area contributed by atoms with E-state index in [1.165, 1.54) is 0 Å². The van der Waals surface area contributed by atoms with Gasteiger partial charge in [-0.25, -0.2) is 0 Å². The van der Waals surface area contributed by atoms with E-state index in [-0.39, 0.29) is 0 Å². The van der Waals surface area contributed by atoms with E-state index in [0.29, 0.717) is 6.54 Å². The first kappa shape index (κ1) is 11.3. The van der Waals surface area contributed by atoms with Crippen molar-refractivity contribution in [2.45, 2.75) is 25.0 Å². The summed E-state index contributed by atoms with van der Waals surface area (Å²) in [7, 11) is 0. The Morgan fingerprint density at radius 2 is 2.36 bits per heavy atom. The van der Waals surface area contributed by atoms with Crippen molar-refractivity contribution in [2.24, 2.45) is 5.73 Å². The van der Waals surface area contributed by atoms with Gasteiger partial charge in [0, 0.05) is 18.8 Å². The fraction of sp³-hybridized carbons (Fsp3) is 0.556. The molecule has 14 heavy (non-hydrogen) atoms. The molecule has 0 saturated carbocycles. The van der Waals surface area contributed by atoms with Crippen LogP contribution in [0.25, 0.3) is 0 Å². The van der Waals surface area contributed by atoms with Crippen molar-refractivity contribution in [1.82, 2.24) is 14.8 Å². The molecule has 0 aromatic carbocycles. The molecule has 0 unspecified atom stereocenters. The summed E-state index contributed by atoms with van der Waals surface area (Å²) >= 11 is 1.69. The number of aryl methyl sites for hydroxylation is 1. The third-order valence-corrected chi connectivity index (χ3v) is 2.81. The molecule has 1 aromatic heterocycles. The van der Waals surface area contributed by atoms with Crippen LogP contribution in [0, 0.1) is 6.92 Å². The summed E-state index contributed by atoms with van der Waals surface area (Å²) in [4.78, 5) is 0. The molecule has 0 aliphatic heterocycles. The van der Waals surface area contributed by atoms with Crippen LogP contribution in [0.15, 0.2) is 17.8 Å². The summed E-state index contributed by atoms with van der Waals surface area (Å²) in [6.45, 7) is 7.03. The standard InChI is InChI=1S/C9H16N4S/c1-3-4-7-14-9-12-11-8(2)13(9)6-5-10/h3H,1,4-7,10H2,2H3. The maximum Gasteiger partial charge on any atom is 0.191 e. The number of aromatic nitrogens is 3. The van der Waals surface area contributed by atoms with E-state index in [2.05, 4.69) is 16.8 Å². The van der Waals surface area contributed by atoms with Crippen molar-refractivity contribution in [1.29, 1.82) is 0 Å². The lowest BCUT2D eigenvalue weighted by Gasteiger charge is -2.05. The fourth-order valence-corrected chi connectivity index (χ4v) is 2.03. The molecule has 0 fully saturated rings. The highest BCUT2D eigenvalue weighted by molar-refractivity contribution is 7.99. The first-order valence-electron chi connectivity index (χ1n) is 4.63. The second-order valence-electron chi connectivity index (χ2n) is 2.90. The van der Waals surface area contributed by atoms with Crippen LogP contribution in [0.1, 0.15) is 12.2 Å². The van der Waals surface area contributed by atoms with Gasteiger partial charge in [0.2, 0.25) is 0 Å². The van der Waals surface area contributed by atoms with Crippen molar-refractivity contribution in [2.75, 3.05) is 12.3 Å². The molecule has 0 bridgehead atoms. The average molecular weight is 212 g/mol. The van der Waals surface area contributed by atoms with Crippen LogP contribution in [0.3, 0.4) is 0 Å². The molecule has 1 rings (SSSR count). The topological polar surface area (TPSA) is 56.7 Å². The summed E-state index contributed by atoms with van der Waals surface area (Å²) < 4.78 is 2.05. The van der Waals surface area contributed by atoms with Gasteiger partial charge in [-0.15, -0.1) is 16.8 Å². The van der Waals surface area contributed by atoms with Crippen molar-refractivity contribution in [3.8, 4) is 0 Å². The Hall–Kier alpha value is -0.810. The highest BCUT2D eigenvalue weighted by Crippen LogP contribution is 2.17. The number of thioether (sulfide) groups is 1. The second kappa shape index (κ2) is 5.82. The van der Waals surface area contributed by atoms with Crippen LogP contribution in [0.5, 0.6) is 0 Å². The normalized spacial score (nSPS) is 10.4. The molecule has 0 aliphatic rings. The molecule has 0 aliphatic carbocycles. The van der Waals surface area contributed by atoms with Gasteiger partial charge in [0.25, 0.3) is 0 Å². The van der Waals surface area contributed by atoms with Crippen LogP contribution >= 0.6 is 11.8 Å². The van der Waals surface area contributed by atoms with Crippen LogP contribution < -0.4 is 5.73 Å². The Labute approximate surface area is 88.6 Å². The number of hydrogen-bond acceptors (Lipinski definition) is 4. The minimum absolute atomic E-state index is 0.619. The molecule has 0 atom stereocenters. The third-order valence-electron chi connectivity index (χ3n) is 1.81. The summed E-state index contributed by atoms with van der Waals surface area (Å²) in [6.07, 6.45) is 2.89. The summed E-state index contributed by atoms with van der Waals surface area (Å²) in [5, 5.41) is 9.07. The lowest BCUT2D eigenvalue weighted by atomic mass is 10.5. The van der Waals surface area contributed by atoms with Crippen LogP contribution in [0.4, 0.5) is 0 Å². The van der Waals surface area contributed by atoms with E-state index in [4.69, 9.17) is 5.73 Å². The zero-order valence-electron chi connectivity index (χ0n) is 8.44. The van der Waals surface area contributed by atoms with Crippen molar-refractivity contribution >= 4 is 11.8 Å². The molecule has 0 amide bonds. The molecular formula is C9H16N4S. The Morgan fingerprint density at radius 3 is 3.00 bits per heavy atom. The minimum atomic E-state index is 0.619. The molecule has 78 valence electrons. The zero-order chi connectivity index (χ0) is 10.4. The maximum atomic E-state index is 5.51. The smallest absolute Gasteiger partial charge is 0.191 e. The SMILES string of the molecule is C=CCCSc1nnc(C)n1CCN. The van der Waals surface area contributed by atoms with E-state index < -0.39 is 0 Å². The summed E-state index contributed by atoms with van der Waals surface area (Å²) in [5.74, 6) is 1.92. The molecule has 0 spiro atoms. The zero-order valence-corrected chi connectivity index (χ0v) is 9.26. The van der Waals surface area contributed by atoms with E-state index in [1.807, 2.05) is 17.6 Å². The van der Waals surface area contributed by atoms with Gasteiger partial charge in [0.05, 0.1) is 0 Å². The predicted molar refractivity (Wildman–Crippen MR) is 59.4 cm³/mol. The quantitative estimate of drug-likeness (QED) is 0.437. The second-order valence-corrected chi connectivity index (χ2v) is 3.96. The van der Waals surface area contributed by atoms with Crippen molar-refractivity contribution in [3.63, 3.8) is 0 Å². The van der Waals surface area contributed by atoms with Gasteiger partial charge < -0.3 is 10.3 Å². The van der Waals surface area contributed by atoms with Gasteiger partial charge in [-0.1, -0.05) is 17.8 Å². The average Bonchev–Trinajstić information content (AvgIpc) is 2.51. The number of allylic oxidation sites excluding steroid dienone is 1. The Kier molecular flexibility index (Phi) is 4.69. The maximum absolute atomic E-state index is 5.51. The number of rotatable bonds is 6. The Balaban J connectivity index is 2.60. The van der Waals surface area contributed by atoms with Crippen molar-refractivity contribution in [3.05, 3.63) is 18.5 Å². The highest BCUT2D eigenvalue weighted by Gasteiger charge is 2.07. The van der Waals surface area contributed by atoms with Crippen LogP contribution in [-0.2, 0) is 6.54 Å². The molecule has 1 heterocycles. The first-order chi connectivity index (χ1) is 6.79. The first-order valence-corrected chi connectivity index (χ1v) is 5.61. The van der Waals surface area contributed by atoms with Gasteiger partial charge in [-0.3, -0.25) is 0 Å². The van der Waals surface area contributed by atoms with Crippen molar-refractivity contribution < 1.29 is 0 Å². The van der Waals surface area contributed by atoms with Crippen LogP contribution in [0.2, 0.25) is 0 Å². The number of nitrogens with zero attached hydrogens (tertiary/aromatic N) is 3. The van der Waals surface area contributed by atoms with Crippen LogP contribution in [-0.4, -0.2) is 27.1 Å². The van der Waals surface area contributed by atoms with Gasteiger partial charge in [0.1, 0.15) is 5.82 Å². The lowest BCUT2D eigenvalue weighted by Crippen LogP contribution is -2.12. The molecule has 0 radical (unpaired) electrons. The molecule has 1 aromatic rings. The monoisotopic (exact) mass is 212 g/mol. The fourth-order valence-electron chi connectivity index (χ4n) is 1.09. The van der Waals surface area contributed by atoms with E-state index in [9.17, 15) is 0 Å². The number of nitrogens with two attached hydrogens (primary N) is 1. The molecule has 4 nitrogen and oxygen atoms in total.